The Kier molecular flexibility index (Phi) is 6.79. The van der Waals surface area contributed by atoms with E-state index in [0.29, 0.717) is 11.3 Å². The lowest BCUT2D eigenvalue weighted by Crippen LogP contribution is -2.32. The molecule has 3 rings (SSSR count). The Morgan fingerprint density at radius 2 is 1.97 bits per heavy atom. The van der Waals surface area contributed by atoms with Gasteiger partial charge in [0.1, 0.15) is 5.56 Å². The van der Waals surface area contributed by atoms with E-state index < -0.39 is 33.5 Å². The predicted molar refractivity (Wildman–Crippen MR) is 125 cm³/mol. The van der Waals surface area contributed by atoms with Crippen LogP contribution in [0.2, 0.25) is 5.02 Å². The number of aromatic amines is 1. The number of rotatable bonds is 5. The Hall–Kier alpha value is -3.77. The fourth-order valence-corrected chi connectivity index (χ4v) is 3.56. The minimum absolute atomic E-state index is 0.0522. The molecule has 0 fully saturated rings. The van der Waals surface area contributed by atoms with E-state index in [1.807, 2.05) is 0 Å². The SMILES string of the molecule is Cc1cc(-n2c(O)c(C=NNC(=O)c3cc([N+](=O)[O-])ccc3Cl)c(=O)[nH]c2=O)c(C)cc1Br. The molecule has 2 aromatic carbocycles. The van der Waals surface area contributed by atoms with Crippen molar-refractivity contribution in [2.45, 2.75) is 13.8 Å². The highest BCUT2D eigenvalue weighted by atomic mass is 79.9. The minimum Gasteiger partial charge on any atom is -0.493 e. The van der Waals surface area contributed by atoms with Gasteiger partial charge >= 0.3 is 5.69 Å². The number of carbonyl (C=O) groups is 1. The summed E-state index contributed by atoms with van der Waals surface area (Å²) in [6.07, 6.45) is 0.842. The molecular weight excluding hydrogens is 522 g/mol. The molecule has 0 spiro atoms. The second-order valence-electron chi connectivity index (χ2n) is 6.84. The molecule has 0 unspecified atom stereocenters. The van der Waals surface area contributed by atoms with Crippen LogP contribution in [0.1, 0.15) is 27.0 Å². The Balaban J connectivity index is 1.98. The summed E-state index contributed by atoms with van der Waals surface area (Å²) in [5.74, 6) is -1.58. The van der Waals surface area contributed by atoms with E-state index in [9.17, 15) is 29.6 Å². The Morgan fingerprint density at radius 1 is 1.27 bits per heavy atom. The number of benzene rings is 2. The van der Waals surface area contributed by atoms with Crippen LogP contribution in [0.3, 0.4) is 0 Å². The molecule has 1 heterocycles. The third-order valence-electron chi connectivity index (χ3n) is 4.60. The van der Waals surface area contributed by atoms with Gasteiger partial charge in [-0.3, -0.25) is 24.7 Å². The van der Waals surface area contributed by atoms with Crippen molar-refractivity contribution in [2.75, 3.05) is 0 Å². The van der Waals surface area contributed by atoms with Crippen LogP contribution >= 0.6 is 27.5 Å². The van der Waals surface area contributed by atoms with Gasteiger partial charge in [0.2, 0.25) is 5.88 Å². The summed E-state index contributed by atoms with van der Waals surface area (Å²) in [7, 11) is 0. The highest BCUT2D eigenvalue weighted by molar-refractivity contribution is 9.10. The zero-order valence-electron chi connectivity index (χ0n) is 17.1. The zero-order valence-corrected chi connectivity index (χ0v) is 19.4. The standard InChI is InChI=1S/C20H15BrClN5O6/c1-9-6-16(10(2)5-14(9)21)26-19(30)13(17(28)24-20(26)31)8-23-25-18(29)12-7-11(27(32)33)3-4-15(12)22/h3-8,30H,1-2H3,(H,25,29)(H,24,28,31). The number of hydrogen-bond donors (Lipinski definition) is 3. The number of aromatic nitrogens is 2. The molecule has 33 heavy (non-hydrogen) atoms. The lowest BCUT2D eigenvalue weighted by atomic mass is 10.1. The first kappa shape index (κ1) is 23.9. The molecule has 0 saturated carbocycles. The second-order valence-corrected chi connectivity index (χ2v) is 8.10. The number of nitrogens with zero attached hydrogens (tertiary/aromatic N) is 3. The van der Waals surface area contributed by atoms with Gasteiger partial charge in [0.25, 0.3) is 17.2 Å². The highest BCUT2D eigenvalue weighted by Gasteiger charge is 2.18. The Labute approximate surface area is 198 Å². The number of aromatic hydroxyl groups is 1. The quantitative estimate of drug-likeness (QED) is 0.258. The molecule has 170 valence electrons. The third-order valence-corrected chi connectivity index (χ3v) is 5.79. The molecule has 11 nitrogen and oxygen atoms in total. The summed E-state index contributed by atoms with van der Waals surface area (Å²) < 4.78 is 1.70. The summed E-state index contributed by atoms with van der Waals surface area (Å²) in [6, 6.07) is 6.68. The van der Waals surface area contributed by atoms with Gasteiger partial charge in [0.15, 0.2) is 0 Å². The molecule has 0 aliphatic carbocycles. The Morgan fingerprint density at radius 3 is 2.64 bits per heavy atom. The van der Waals surface area contributed by atoms with Gasteiger partial charge in [-0.1, -0.05) is 27.5 Å². The normalized spacial score (nSPS) is 11.0. The van der Waals surface area contributed by atoms with Gasteiger partial charge in [-0.2, -0.15) is 5.10 Å². The van der Waals surface area contributed by atoms with E-state index in [1.165, 1.54) is 6.07 Å². The van der Waals surface area contributed by atoms with Gasteiger partial charge in [-0.15, -0.1) is 0 Å². The number of amides is 1. The summed E-state index contributed by atoms with van der Waals surface area (Å²) in [6.45, 7) is 3.50. The largest absolute Gasteiger partial charge is 0.493 e. The van der Waals surface area contributed by atoms with Crippen LogP contribution in [-0.2, 0) is 0 Å². The van der Waals surface area contributed by atoms with Crippen LogP contribution in [0, 0.1) is 24.0 Å². The van der Waals surface area contributed by atoms with E-state index in [0.717, 1.165) is 33.0 Å². The molecule has 0 aliphatic heterocycles. The molecule has 0 atom stereocenters. The second kappa shape index (κ2) is 9.38. The highest BCUT2D eigenvalue weighted by Crippen LogP contribution is 2.26. The van der Waals surface area contributed by atoms with E-state index in [1.54, 1.807) is 26.0 Å². The third kappa shape index (κ3) is 4.86. The summed E-state index contributed by atoms with van der Waals surface area (Å²) >= 11 is 9.30. The fraction of sp³-hybridized carbons (Fsp3) is 0.100. The number of aryl methyl sites for hydroxylation is 2. The van der Waals surface area contributed by atoms with E-state index in [-0.39, 0.29) is 16.3 Å². The van der Waals surface area contributed by atoms with Crippen molar-refractivity contribution in [1.82, 2.24) is 15.0 Å². The first-order chi connectivity index (χ1) is 15.5. The molecule has 1 aromatic heterocycles. The van der Waals surface area contributed by atoms with Crippen LogP contribution in [0.15, 0.2) is 49.5 Å². The number of carbonyl (C=O) groups excluding carboxylic acids is 1. The number of nitro benzene ring substituents is 1. The molecule has 0 saturated heterocycles. The smallest absolute Gasteiger partial charge is 0.335 e. The number of nitro groups is 1. The number of hydrazone groups is 1. The zero-order chi connectivity index (χ0) is 24.4. The topological polar surface area (TPSA) is 160 Å². The van der Waals surface area contributed by atoms with Gasteiger partial charge in [0, 0.05) is 16.6 Å². The molecular formula is C20H15BrClN5O6. The lowest BCUT2D eigenvalue weighted by Gasteiger charge is -2.14. The molecule has 0 bridgehead atoms. The van der Waals surface area contributed by atoms with Crippen LogP contribution in [0.5, 0.6) is 5.88 Å². The van der Waals surface area contributed by atoms with Gasteiger partial charge in [-0.25, -0.2) is 14.8 Å². The maximum atomic E-state index is 12.4. The molecule has 1 amide bonds. The lowest BCUT2D eigenvalue weighted by molar-refractivity contribution is -0.384. The average molecular weight is 537 g/mol. The minimum atomic E-state index is -0.938. The van der Waals surface area contributed by atoms with Crippen molar-refractivity contribution < 1.29 is 14.8 Å². The molecule has 0 aliphatic rings. The number of nitrogens with one attached hydrogen (secondary N) is 2. The molecule has 0 radical (unpaired) electrons. The summed E-state index contributed by atoms with van der Waals surface area (Å²) in [5.41, 5.74) is 1.04. The number of hydrogen-bond acceptors (Lipinski definition) is 7. The number of H-pyrrole nitrogens is 1. The van der Waals surface area contributed by atoms with Crippen molar-refractivity contribution in [2.24, 2.45) is 5.10 Å². The maximum Gasteiger partial charge on any atom is 0.335 e. The van der Waals surface area contributed by atoms with E-state index in [4.69, 9.17) is 11.6 Å². The fourth-order valence-electron chi connectivity index (χ4n) is 2.90. The van der Waals surface area contributed by atoms with Crippen molar-refractivity contribution in [1.29, 1.82) is 0 Å². The maximum absolute atomic E-state index is 12.4. The molecule has 3 aromatic rings. The van der Waals surface area contributed by atoms with Crippen LogP contribution in [0.4, 0.5) is 5.69 Å². The predicted octanol–water partition coefficient (Wildman–Crippen LogP) is 2.94. The van der Waals surface area contributed by atoms with Crippen LogP contribution in [-0.4, -0.2) is 31.7 Å². The number of non-ortho nitro benzene ring substituents is 1. The van der Waals surface area contributed by atoms with Crippen molar-refractivity contribution in [3.8, 4) is 11.6 Å². The van der Waals surface area contributed by atoms with Crippen molar-refractivity contribution in [3.63, 3.8) is 0 Å². The van der Waals surface area contributed by atoms with E-state index >= 15 is 0 Å². The summed E-state index contributed by atoms with van der Waals surface area (Å²) in [5, 5.41) is 25.1. The van der Waals surface area contributed by atoms with Crippen LogP contribution in [0.25, 0.3) is 5.69 Å². The van der Waals surface area contributed by atoms with Crippen LogP contribution < -0.4 is 16.7 Å². The molecule has 3 N–H and O–H groups in total. The first-order valence-corrected chi connectivity index (χ1v) is 10.3. The van der Waals surface area contributed by atoms with E-state index in [2.05, 4.69) is 31.4 Å². The number of halogens is 2. The van der Waals surface area contributed by atoms with Gasteiger partial charge in [0.05, 0.1) is 27.4 Å². The average Bonchev–Trinajstić information content (AvgIpc) is 2.73. The molecule has 13 heteroatoms. The monoisotopic (exact) mass is 535 g/mol. The Bertz CT molecular complexity index is 1450. The first-order valence-electron chi connectivity index (χ1n) is 9.14. The van der Waals surface area contributed by atoms with Gasteiger partial charge in [-0.05, 0) is 43.2 Å². The summed E-state index contributed by atoms with van der Waals surface area (Å²) in [4.78, 5) is 49.3. The van der Waals surface area contributed by atoms with Gasteiger partial charge < -0.3 is 5.11 Å². The van der Waals surface area contributed by atoms with Crippen molar-refractivity contribution in [3.05, 3.63) is 93.0 Å². The van der Waals surface area contributed by atoms with Crippen molar-refractivity contribution >= 4 is 45.3 Å².